The maximum Gasteiger partial charge on any atom is 0.231 e. The Kier molecular flexibility index (Phi) is 5.05. The van der Waals surface area contributed by atoms with Gasteiger partial charge in [-0.1, -0.05) is 0 Å². The molecule has 0 aliphatic carbocycles. The summed E-state index contributed by atoms with van der Waals surface area (Å²) < 4.78 is 5.73. The Balaban J connectivity index is 1.51. The second kappa shape index (κ2) is 7.66. The molecule has 1 atom stereocenters. The zero-order valence-electron chi connectivity index (χ0n) is 16.9. The van der Waals surface area contributed by atoms with Gasteiger partial charge < -0.3 is 14.6 Å². The summed E-state index contributed by atoms with van der Waals surface area (Å²) in [5.74, 6) is 1.51. The van der Waals surface area contributed by atoms with Gasteiger partial charge in [-0.2, -0.15) is 0 Å². The monoisotopic (exact) mass is 392 g/mol. The van der Waals surface area contributed by atoms with Crippen molar-refractivity contribution in [2.24, 2.45) is 5.92 Å². The predicted molar refractivity (Wildman–Crippen MR) is 111 cm³/mol. The first-order valence-electron chi connectivity index (χ1n) is 9.81. The number of benzene rings is 1. The molecule has 0 radical (unpaired) electrons. The zero-order chi connectivity index (χ0) is 20.5. The van der Waals surface area contributed by atoms with Crippen LogP contribution in [0.4, 0.5) is 11.5 Å². The maximum atomic E-state index is 12.8. The Bertz CT molecular complexity index is 1070. The van der Waals surface area contributed by atoms with Gasteiger partial charge in [0.2, 0.25) is 11.6 Å². The number of piperidine rings is 1. The number of furan rings is 1. The first-order valence-corrected chi connectivity index (χ1v) is 9.81. The van der Waals surface area contributed by atoms with Crippen molar-refractivity contribution in [3.05, 3.63) is 47.5 Å². The maximum absolute atomic E-state index is 12.8. The Hall–Kier alpha value is -3.22. The van der Waals surface area contributed by atoms with Gasteiger partial charge >= 0.3 is 0 Å². The van der Waals surface area contributed by atoms with Gasteiger partial charge in [-0.3, -0.25) is 9.59 Å². The molecule has 1 N–H and O–H groups in total. The molecule has 1 unspecified atom stereocenters. The molecular weight excluding hydrogens is 368 g/mol. The average Bonchev–Trinajstić information content (AvgIpc) is 3.02. The standard InChI is InChI=1S/C22H24N4O3/c1-13-15(3)29-22-19(13)20(23-12-24-22)26-10-4-5-17(11-26)21(28)25-18-8-6-16(7-9-18)14(2)27/h6-9,12,17H,4-5,10-11H2,1-3H3,(H,25,28). The summed E-state index contributed by atoms with van der Waals surface area (Å²) in [7, 11) is 0. The number of aryl methyl sites for hydroxylation is 2. The minimum atomic E-state index is -0.144. The molecule has 29 heavy (non-hydrogen) atoms. The van der Waals surface area contributed by atoms with E-state index in [1.807, 2.05) is 13.8 Å². The van der Waals surface area contributed by atoms with Gasteiger partial charge in [0.25, 0.3) is 0 Å². The van der Waals surface area contributed by atoms with Crippen molar-refractivity contribution in [3.8, 4) is 0 Å². The van der Waals surface area contributed by atoms with Crippen LogP contribution in [0.2, 0.25) is 0 Å². The first-order chi connectivity index (χ1) is 13.9. The smallest absolute Gasteiger partial charge is 0.231 e. The number of fused-ring (bicyclic) bond motifs is 1. The Morgan fingerprint density at radius 2 is 1.93 bits per heavy atom. The van der Waals surface area contributed by atoms with E-state index in [2.05, 4.69) is 20.2 Å². The van der Waals surface area contributed by atoms with Crippen LogP contribution in [-0.4, -0.2) is 34.7 Å². The molecular formula is C22H24N4O3. The summed E-state index contributed by atoms with van der Waals surface area (Å²) in [4.78, 5) is 35.1. The van der Waals surface area contributed by atoms with Crippen molar-refractivity contribution in [3.63, 3.8) is 0 Å². The third kappa shape index (κ3) is 3.72. The number of hydrogen-bond donors (Lipinski definition) is 1. The van der Waals surface area contributed by atoms with Crippen LogP contribution in [0.15, 0.2) is 35.0 Å². The minimum Gasteiger partial charge on any atom is -0.443 e. The van der Waals surface area contributed by atoms with E-state index in [0.29, 0.717) is 23.5 Å². The van der Waals surface area contributed by atoms with Crippen LogP contribution in [0.1, 0.15) is 41.4 Å². The summed E-state index contributed by atoms with van der Waals surface area (Å²) in [5, 5.41) is 3.90. The van der Waals surface area contributed by atoms with E-state index in [0.717, 1.165) is 41.9 Å². The number of amides is 1. The molecule has 150 valence electrons. The van der Waals surface area contributed by atoms with Crippen LogP contribution < -0.4 is 10.2 Å². The van der Waals surface area contributed by atoms with Crippen LogP contribution >= 0.6 is 0 Å². The number of nitrogens with zero attached hydrogens (tertiary/aromatic N) is 3. The van der Waals surface area contributed by atoms with Crippen molar-refractivity contribution < 1.29 is 14.0 Å². The largest absolute Gasteiger partial charge is 0.443 e. The topological polar surface area (TPSA) is 88.3 Å². The lowest BCUT2D eigenvalue weighted by Crippen LogP contribution is -2.41. The highest BCUT2D eigenvalue weighted by Crippen LogP contribution is 2.32. The van der Waals surface area contributed by atoms with Crippen molar-refractivity contribution in [2.75, 3.05) is 23.3 Å². The van der Waals surface area contributed by atoms with Crippen LogP contribution in [0.25, 0.3) is 11.1 Å². The van der Waals surface area contributed by atoms with Gasteiger partial charge in [0.05, 0.1) is 11.3 Å². The summed E-state index contributed by atoms with van der Waals surface area (Å²) in [6.45, 7) is 6.88. The molecule has 3 aromatic rings. The lowest BCUT2D eigenvalue weighted by molar-refractivity contribution is -0.120. The van der Waals surface area contributed by atoms with E-state index in [-0.39, 0.29) is 17.6 Å². The van der Waals surface area contributed by atoms with Gasteiger partial charge in [-0.25, -0.2) is 9.97 Å². The lowest BCUT2D eigenvalue weighted by Gasteiger charge is -2.33. The van der Waals surface area contributed by atoms with Crippen molar-refractivity contribution in [1.29, 1.82) is 0 Å². The molecule has 7 heteroatoms. The molecule has 1 saturated heterocycles. The van der Waals surface area contributed by atoms with Crippen molar-refractivity contribution >= 4 is 34.3 Å². The number of aromatic nitrogens is 2. The van der Waals surface area contributed by atoms with Gasteiger partial charge in [-0.15, -0.1) is 0 Å². The summed E-state index contributed by atoms with van der Waals surface area (Å²) in [5.41, 5.74) is 2.95. The van der Waals surface area contributed by atoms with E-state index < -0.39 is 0 Å². The molecule has 7 nitrogen and oxygen atoms in total. The Labute approximate surface area is 169 Å². The fourth-order valence-corrected chi connectivity index (χ4v) is 3.82. The van der Waals surface area contributed by atoms with Gasteiger partial charge in [0, 0.05) is 29.9 Å². The molecule has 1 fully saturated rings. The normalized spacial score (nSPS) is 16.8. The third-order valence-electron chi connectivity index (χ3n) is 5.60. The third-order valence-corrected chi connectivity index (χ3v) is 5.60. The van der Waals surface area contributed by atoms with E-state index >= 15 is 0 Å². The van der Waals surface area contributed by atoms with Crippen LogP contribution in [0.5, 0.6) is 0 Å². The van der Waals surface area contributed by atoms with E-state index in [9.17, 15) is 9.59 Å². The fraction of sp³-hybridized carbons (Fsp3) is 0.364. The molecule has 4 rings (SSSR count). The first kappa shape index (κ1) is 19.1. The average molecular weight is 392 g/mol. The Morgan fingerprint density at radius 3 is 2.66 bits per heavy atom. The van der Waals surface area contributed by atoms with Crippen LogP contribution in [0.3, 0.4) is 0 Å². The van der Waals surface area contributed by atoms with Gasteiger partial charge in [0.1, 0.15) is 17.9 Å². The number of Topliss-reactive ketones (excluding diaryl/α,β-unsaturated/α-hetero) is 1. The summed E-state index contributed by atoms with van der Waals surface area (Å²) in [6, 6.07) is 6.99. The van der Waals surface area contributed by atoms with Gasteiger partial charge in [0.15, 0.2) is 5.78 Å². The fourth-order valence-electron chi connectivity index (χ4n) is 3.82. The highest BCUT2D eigenvalue weighted by atomic mass is 16.3. The van der Waals surface area contributed by atoms with Crippen molar-refractivity contribution in [1.82, 2.24) is 9.97 Å². The molecule has 1 aromatic carbocycles. The lowest BCUT2D eigenvalue weighted by atomic mass is 9.96. The van der Waals surface area contributed by atoms with E-state index in [4.69, 9.17) is 4.42 Å². The second-order valence-electron chi connectivity index (χ2n) is 7.57. The molecule has 3 heterocycles. The highest BCUT2D eigenvalue weighted by molar-refractivity contribution is 5.96. The molecule has 1 amide bonds. The predicted octanol–water partition coefficient (Wildman–Crippen LogP) is 3.90. The van der Waals surface area contributed by atoms with Crippen LogP contribution in [-0.2, 0) is 4.79 Å². The molecule has 1 aliphatic rings. The molecule has 1 aliphatic heterocycles. The number of ketones is 1. The molecule has 0 spiro atoms. The number of carbonyl (C=O) groups excluding carboxylic acids is 2. The molecule has 0 bridgehead atoms. The SMILES string of the molecule is CC(=O)c1ccc(NC(=O)C2CCCN(c3ncnc4oc(C)c(C)c34)C2)cc1. The number of rotatable bonds is 4. The molecule has 0 saturated carbocycles. The second-order valence-corrected chi connectivity index (χ2v) is 7.57. The minimum absolute atomic E-state index is 0.00624. The van der Waals surface area contributed by atoms with E-state index in [1.54, 1.807) is 24.3 Å². The summed E-state index contributed by atoms with van der Waals surface area (Å²) in [6.07, 6.45) is 3.24. The molecule has 2 aromatic heterocycles. The number of hydrogen-bond acceptors (Lipinski definition) is 6. The number of anilines is 2. The highest BCUT2D eigenvalue weighted by Gasteiger charge is 2.28. The Morgan fingerprint density at radius 1 is 1.17 bits per heavy atom. The number of carbonyl (C=O) groups is 2. The summed E-state index contributed by atoms with van der Waals surface area (Å²) >= 11 is 0. The zero-order valence-corrected chi connectivity index (χ0v) is 16.9. The van der Waals surface area contributed by atoms with Crippen molar-refractivity contribution in [2.45, 2.75) is 33.6 Å². The quantitative estimate of drug-likeness (QED) is 0.678. The number of nitrogens with one attached hydrogen (secondary N) is 1. The van der Waals surface area contributed by atoms with Gasteiger partial charge in [-0.05, 0) is 57.9 Å². The van der Waals surface area contributed by atoms with E-state index in [1.165, 1.54) is 13.3 Å². The van der Waals surface area contributed by atoms with Crippen LogP contribution in [0, 0.1) is 19.8 Å².